The third-order valence-electron chi connectivity index (χ3n) is 3.22. The molecule has 7 heteroatoms. The number of sulfone groups is 1. The fraction of sp³-hybridized carbons (Fsp3) is 0.125. The molecule has 6 nitrogen and oxygen atoms in total. The van der Waals surface area contributed by atoms with Crippen molar-refractivity contribution in [3.8, 4) is 17.2 Å². The summed E-state index contributed by atoms with van der Waals surface area (Å²) in [6.45, 7) is 0. The molecule has 0 unspecified atom stereocenters. The SMILES string of the molecule is COc1ccccc1-c1nnc(CS(=O)(=O)c2ccccc2)o1. The van der Waals surface area contributed by atoms with Crippen LogP contribution in [0.4, 0.5) is 0 Å². The molecule has 0 bridgehead atoms. The molecule has 0 amide bonds. The molecule has 3 rings (SSSR count). The average molecular weight is 330 g/mol. The zero-order valence-electron chi connectivity index (χ0n) is 12.3. The van der Waals surface area contributed by atoms with Gasteiger partial charge in [-0.3, -0.25) is 0 Å². The minimum Gasteiger partial charge on any atom is -0.496 e. The Morgan fingerprint density at radius 2 is 1.70 bits per heavy atom. The molecule has 0 aliphatic rings. The molecule has 2 aromatic carbocycles. The van der Waals surface area contributed by atoms with E-state index in [2.05, 4.69) is 10.2 Å². The Bertz CT molecular complexity index is 905. The summed E-state index contributed by atoms with van der Waals surface area (Å²) in [5.41, 5.74) is 0.617. The second-order valence-corrected chi connectivity index (χ2v) is 6.76. The fourth-order valence-corrected chi connectivity index (χ4v) is 3.30. The Labute approximate surface area is 133 Å². The van der Waals surface area contributed by atoms with E-state index in [0.29, 0.717) is 11.3 Å². The second-order valence-electron chi connectivity index (χ2n) is 4.77. The number of hydrogen-bond donors (Lipinski definition) is 0. The molecule has 0 aliphatic carbocycles. The van der Waals surface area contributed by atoms with Gasteiger partial charge >= 0.3 is 0 Å². The summed E-state index contributed by atoms with van der Waals surface area (Å²) in [4.78, 5) is 0.219. The van der Waals surface area contributed by atoms with Gasteiger partial charge in [0.05, 0.1) is 17.6 Å². The average Bonchev–Trinajstić information content (AvgIpc) is 3.03. The van der Waals surface area contributed by atoms with E-state index >= 15 is 0 Å². The predicted molar refractivity (Wildman–Crippen MR) is 83.6 cm³/mol. The first-order valence-electron chi connectivity index (χ1n) is 6.84. The van der Waals surface area contributed by atoms with E-state index in [1.807, 2.05) is 12.1 Å². The van der Waals surface area contributed by atoms with E-state index in [9.17, 15) is 8.42 Å². The number of methoxy groups -OCH3 is 1. The normalized spacial score (nSPS) is 11.3. The largest absolute Gasteiger partial charge is 0.496 e. The first-order chi connectivity index (χ1) is 11.1. The van der Waals surface area contributed by atoms with E-state index < -0.39 is 9.84 Å². The molecule has 1 aromatic heterocycles. The zero-order valence-corrected chi connectivity index (χ0v) is 13.2. The third-order valence-corrected chi connectivity index (χ3v) is 4.84. The van der Waals surface area contributed by atoms with E-state index in [0.717, 1.165) is 0 Å². The van der Waals surface area contributed by atoms with Gasteiger partial charge in [0.15, 0.2) is 9.84 Å². The highest BCUT2D eigenvalue weighted by molar-refractivity contribution is 7.90. The summed E-state index contributed by atoms with van der Waals surface area (Å²) in [5, 5.41) is 7.74. The lowest BCUT2D eigenvalue weighted by molar-refractivity contribution is 0.413. The van der Waals surface area contributed by atoms with Crippen molar-refractivity contribution in [2.24, 2.45) is 0 Å². The van der Waals surface area contributed by atoms with Crippen molar-refractivity contribution in [3.63, 3.8) is 0 Å². The number of aromatic nitrogens is 2. The van der Waals surface area contributed by atoms with Gasteiger partial charge < -0.3 is 9.15 Å². The van der Waals surface area contributed by atoms with Crippen LogP contribution in [0.5, 0.6) is 5.75 Å². The summed E-state index contributed by atoms with van der Waals surface area (Å²) in [5.74, 6) is 0.489. The van der Waals surface area contributed by atoms with Crippen LogP contribution < -0.4 is 4.74 Å². The van der Waals surface area contributed by atoms with E-state index in [1.165, 1.54) is 19.2 Å². The number of ether oxygens (including phenoxy) is 1. The highest BCUT2D eigenvalue weighted by Crippen LogP contribution is 2.28. The van der Waals surface area contributed by atoms with Crippen molar-refractivity contribution >= 4 is 9.84 Å². The summed E-state index contributed by atoms with van der Waals surface area (Å²) in [6.07, 6.45) is 0. The molecule has 0 fully saturated rings. The standard InChI is InChI=1S/C16H14N2O4S/c1-21-14-10-6-5-9-13(14)16-18-17-15(22-16)11-23(19,20)12-7-3-2-4-8-12/h2-10H,11H2,1H3. The van der Waals surface area contributed by atoms with Gasteiger partial charge in [0.2, 0.25) is 5.89 Å². The molecule has 1 heterocycles. The number of rotatable bonds is 5. The van der Waals surface area contributed by atoms with Crippen molar-refractivity contribution in [1.29, 1.82) is 0 Å². The smallest absolute Gasteiger partial charge is 0.251 e. The topological polar surface area (TPSA) is 82.3 Å². The summed E-state index contributed by atoms with van der Waals surface area (Å²) < 4.78 is 35.4. The predicted octanol–water partition coefficient (Wildman–Crippen LogP) is 2.72. The van der Waals surface area contributed by atoms with Crippen LogP contribution in [0.1, 0.15) is 5.89 Å². The lowest BCUT2D eigenvalue weighted by atomic mass is 10.2. The van der Waals surface area contributed by atoms with Gasteiger partial charge in [0.1, 0.15) is 11.5 Å². The van der Waals surface area contributed by atoms with Crippen molar-refractivity contribution < 1.29 is 17.6 Å². The van der Waals surface area contributed by atoms with Crippen molar-refractivity contribution in [2.75, 3.05) is 7.11 Å². The van der Waals surface area contributed by atoms with E-state index in [1.54, 1.807) is 30.3 Å². The number of para-hydroxylation sites is 1. The van der Waals surface area contributed by atoms with Crippen LogP contribution in [0, 0.1) is 0 Å². The Hall–Kier alpha value is -2.67. The monoisotopic (exact) mass is 330 g/mol. The fourth-order valence-electron chi connectivity index (χ4n) is 2.12. The summed E-state index contributed by atoms with van der Waals surface area (Å²) in [6, 6.07) is 15.3. The molecule has 118 valence electrons. The van der Waals surface area contributed by atoms with Crippen LogP contribution in [-0.4, -0.2) is 25.7 Å². The Morgan fingerprint density at radius 1 is 1.00 bits per heavy atom. The highest BCUT2D eigenvalue weighted by Gasteiger charge is 2.20. The maximum atomic E-state index is 12.3. The lowest BCUT2D eigenvalue weighted by Gasteiger charge is -2.03. The maximum Gasteiger partial charge on any atom is 0.251 e. The molecular weight excluding hydrogens is 316 g/mol. The summed E-state index contributed by atoms with van der Waals surface area (Å²) in [7, 11) is -1.99. The third kappa shape index (κ3) is 3.24. The van der Waals surface area contributed by atoms with Crippen molar-refractivity contribution in [3.05, 3.63) is 60.5 Å². The lowest BCUT2D eigenvalue weighted by Crippen LogP contribution is -2.04. The molecule has 0 N–H and O–H groups in total. The van der Waals surface area contributed by atoms with Crippen LogP contribution in [0.25, 0.3) is 11.5 Å². The minimum absolute atomic E-state index is 0.0368. The van der Waals surface area contributed by atoms with E-state index in [4.69, 9.17) is 9.15 Å². The number of nitrogens with zero attached hydrogens (tertiary/aromatic N) is 2. The quantitative estimate of drug-likeness (QED) is 0.715. The minimum atomic E-state index is -3.53. The maximum absolute atomic E-state index is 12.3. The highest BCUT2D eigenvalue weighted by atomic mass is 32.2. The molecule has 0 radical (unpaired) electrons. The van der Waals surface area contributed by atoms with Gasteiger partial charge in [-0.25, -0.2) is 8.42 Å². The van der Waals surface area contributed by atoms with Crippen LogP contribution >= 0.6 is 0 Å². The molecule has 23 heavy (non-hydrogen) atoms. The molecule has 0 atom stereocenters. The first-order valence-corrected chi connectivity index (χ1v) is 8.49. The van der Waals surface area contributed by atoms with Crippen LogP contribution in [-0.2, 0) is 15.6 Å². The molecule has 3 aromatic rings. The van der Waals surface area contributed by atoms with Crippen molar-refractivity contribution in [2.45, 2.75) is 10.6 Å². The molecule has 0 spiro atoms. The van der Waals surface area contributed by atoms with Crippen LogP contribution in [0.15, 0.2) is 63.9 Å². The molecule has 0 saturated carbocycles. The van der Waals surface area contributed by atoms with Gasteiger partial charge in [-0.15, -0.1) is 10.2 Å². The number of hydrogen-bond acceptors (Lipinski definition) is 6. The van der Waals surface area contributed by atoms with Crippen molar-refractivity contribution in [1.82, 2.24) is 10.2 Å². The Kier molecular flexibility index (Phi) is 4.12. The first kappa shape index (κ1) is 15.2. The van der Waals surface area contributed by atoms with Gasteiger partial charge in [-0.1, -0.05) is 30.3 Å². The van der Waals surface area contributed by atoms with Gasteiger partial charge in [-0.05, 0) is 24.3 Å². The van der Waals surface area contributed by atoms with Crippen LogP contribution in [0.3, 0.4) is 0 Å². The van der Waals surface area contributed by atoms with Gasteiger partial charge in [-0.2, -0.15) is 0 Å². The number of benzene rings is 2. The van der Waals surface area contributed by atoms with E-state index in [-0.39, 0.29) is 22.4 Å². The molecule has 0 aliphatic heterocycles. The Balaban J connectivity index is 1.88. The van der Waals surface area contributed by atoms with Crippen LogP contribution in [0.2, 0.25) is 0 Å². The second kappa shape index (κ2) is 6.21. The molecular formula is C16H14N2O4S. The molecule has 0 saturated heterocycles. The Morgan fingerprint density at radius 3 is 2.43 bits per heavy atom. The van der Waals surface area contributed by atoms with Gasteiger partial charge in [0, 0.05) is 0 Å². The van der Waals surface area contributed by atoms with Gasteiger partial charge in [0.25, 0.3) is 5.89 Å². The zero-order chi connectivity index (χ0) is 16.3. The summed E-state index contributed by atoms with van der Waals surface area (Å²) >= 11 is 0.